The summed E-state index contributed by atoms with van der Waals surface area (Å²) in [5.74, 6) is 0. The van der Waals surface area contributed by atoms with E-state index in [9.17, 15) is 5.11 Å². The van der Waals surface area contributed by atoms with E-state index < -0.39 is 0 Å². The van der Waals surface area contributed by atoms with Crippen LogP contribution in [-0.2, 0) is 6.54 Å². The molecule has 0 radical (unpaired) electrons. The molecule has 1 fully saturated rings. The summed E-state index contributed by atoms with van der Waals surface area (Å²) in [4.78, 5) is 6.79. The quantitative estimate of drug-likeness (QED) is 0.859. The molecule has 1 aliphatic carbocycles. The maximum atomic E-state index is 9.23. The van der Waals surface area contributed by atoms with Crippen molar-refractivity contribution in [3.05, 3.63) is 41.0 Å². The molecule has 0 bridgehead atoms. The molecule has 3 rings (SSSR count). The van der Waals surface area contributed by atoms with Crippen LogP contribution in [0.3, 0.4) is 0 Å². The average molecular weight is 291 g/mol. The molecule has 1 heterocycles. The van der Waals surface area contributed by atoms with Gasteiger partial charge in [0.05, 0.1) is 12.1 Å². The predicted octanol–water partition coefficient (Wildman–Crippen LogP) is 3.24. The van der Waals surface area contributed by atoms with Crippen LogP contribution in [0.15, 0.2) is 30.3 Å². The van der Waals surface area contributed by atoms with Crippen molar-refractivity contribution < 1.29 is 5.11 Å². The van der Waals surface area contributed by atoms with Crippen LogP contribution in [0.1, 0.15) is 24.8 Å². The van der Waals surface area contributed by atoms with Gasteiger partial charge in [-0.05, 0) is 25.0 Å². The predicted molar refractivity (Wildman–Crippen MR) is 81.9 cm³/mol. The number of aliphatic hydroxyl groups is 1. The second-order valence-electron chi connectivity index (χ2n) is 5.41. The topological polar surface area (TPSA) is 36.4 Å². The standard InChI is InChI=1S/C16H19ClN2O/c17-16-13(10-12-4-1-2-7-15(12)18-16)11-19(8-9-20)14-5-3-6-14/h1-2,4,7,10,14,20H,3,5-6,8-9,11H2. The average Bonchev–Trinajstić information content (AvgIpc) is 2.38. The van der Waals surface area contributed by atoms with E-state index in [1.165, 1.54) is 19.3 Å². The van der Waals surface area contributed by atoms with Crippen molar-refractivity contribution >= 4 is 22.5 Å². The summed E-state index contributed by atoms with van der Waals surface area (Å²) in [6.45, 7) is 1.66. The Kier molecular flexibility index (Phi) is 4.20. The maximum absolute atomic E-state index is 9.23. The lowest BCUT2D eigenvalue weighted by atomic mass is 9.91. The van der Waals surface area contributed by atoms with Gasteiger partial charge in [0.25, 0.3) is 0 Å². The number of halogens is 1. The zero-order valence-electron chi connectivity index (χ0n) is 11.4. The number of rotatable bonds is 5. The molecule has 0 spiro atoms. The van der Waals surface area contributed by atoms with Gasteiger partial charge in [-0.25, -0.2) is 4.98 Å². The normalized spacial score (nSPS) is 15.8. The van der Waals surface area contributed by atoms with Crippen molar-refractivity contribution in [3.63, 3.8) is 0 Å². The highest BCUT2D eigenvalue weighted by atomic mass is 35.5. The van der Waals surface area contributed by atoms with Gasteiger partial charge in [0.1, 0.15) is 5.15 Å². The number of hydrogen-bond acceptors (Lipinski definition) is 3. The Balaban J connectivity index is 1.86. The highest BCUT2D eigenvalue weighted by Gasteiger charge is 2.25. The van der Waals surface area contributed by atoms with E-state index in [1.54, 1.807) is 0 Å². The number of aliphatic hydroxyl groups excluding tert-OH is 1. The fraction of sp³-hybridized carbons (Fsp3) is 0.438. The maximum Gasteiger partial charge on any atom is 0.134 e. The highest BCUT2D eigenvalue weighted by Crippen LogP contribution is 2.28. The Labute approximate surface area is 124 Å². The van der Waals surface area contributed by atoms with Crippen molar-refractivity contribution in [2.24, 2.45) is 0 Å². The molecule has 1 aliphatic rings. The SMILES string of the molecule is OCCN(Cc1cc2ccccc2nc1Cl)C1CCC1. The van der Waals surface area contributed by atoms with Crippen LogP contribution in [0, 0.1) is 0 Å². The molecular formula is C16H19ClN2O. The lowest BCUT2D eigenvalue weighted by molar-refractivity contribution is 0.0945. The fourth-order valence-electron chi connectivity index (χ4n) is 2.74. The molecular weight excluding hydrogens is 272 g/mol. The molecule has 0 saturated heterocycles. The molecule has 1 aromatic carbocycles. The summed E-state index contributed by atoms with van der Waals surface area (Å²) in [6, 6.07) is 10.7. The first-order valence-electron chi connectivity index (χ1n) is 7.17. The van der Waals surface area contributed by atoms with Crippen molar-refractivity contribution in [2.45, 2.75) is 31.8 Å². The molecule has 106 valence electrons. The monoisotopic (exact) mass is 290 g/mol. The second-order valence-corrected chi connectivity index (χ2v) is 5.77. The Morgan fingerprint density at radius 1 is 1.30 bits per heavy atom. The highest BCUT2D eigenvalue weighted by molar-refractivity contribution is 6.30. The smallest absolute Gasteiger partial charge is 0.134 e. The summed E-state index contributed by atoms with van der Waals surface area (Å²) in [6.07, 6.45) is 3.73. The number of para-hydroxylation sites is 1. The summed E-state index contributed by atoms with van der Waals surface area (Å²) >= 11 is 6.31. The number of nitrogens with zero attached hydrogens (tertiary/aromatic N) is 2. The first kappa shape index (κ1) is 13.8. The van der Waals surface area contributed by atoms with E-state index >= 15 is 0 Å². The summed E-state index contributed by atoms with van der Waals surface area (Å²) < 4.78 is 0. The number of fused-ring (bicyclic) bond motifs is 1. The third-order valence-electron chi connectivity index (χ3n) is 4.10. The summed E-state index contributed by atoms with van der Waals surface area (Å²) in [7, 11) is 0. The van der Waals surface area contributed by atoms with Gasteiger partial charge >= 0.3 is 0 Å². The molecule has 3 nitrogen and oxygen atoms in total. The lowest BCUT2D eigenvalue weighted by Crippen LogP contribution is -2.41. The van der Waals surface area contributed by atoms with Gasteiger partial charge in [-0.2, -0.15) is 0 Å². The first-order valence-corrected chi connectivity index (χ1v) is 7.55. The molecule has 0 atom stereocenters. The molecule has 0 unspecified atom stereocenters. The van der Waals surface area contributed by atoms with E-state index in [0.717, 1.165) is 23.0 Å². The zero-order chi connectivity index (χ0) is 13.9. The van der Waals surface area contributed by atoms with Gasteiger partial charge in [0.15, 0.2) is 0 Å². The van der Waals surface area contributed by atoms with E-state index in [0.29, 0.717) is 17.7 Å². The van der Waals surface area contributed by atoms with Crippen molar-refractivity contribution in [1.29, 1.82) is 0 Å². The number of benzene rings is 1. The summed E-state index contributed by atoms with van der Waals surface area (Å²) in [5.41, 5.74) is 1.98. The Bertz CT molecular complexity index is 598. The van der Waals surface area contributed by atoms with Gasteiger partial charge in [0.2, 0.25) is 0 Å². The molecule has 0 amide bonds. The van der Waals surface area contributed by atoms with Gasteiger partial charge in [-0.15, -0.1) is 0 Å². The van der Waals surface area contributed by atoms with Crippen LogP contribution in [0.25, 0.3) is 10.9 Å². The third-order valence-corrected chi connectivity index (χ3v) is 4.43. The number of hydrogen-bond donors (Lipinski definition) is 1. The minimum absolute atomic E-state index is 0.190. The molecule has 20 heavy (non-hydrogen) atoms. The molecule has 4 heteroatoms. The Morgan fingerprint density at radius 2 is 2.10 bits per heavy atom. The van der Waals surface area contributed by atoms with Crippen LogP contribution in [0.2, 0.25) is 5.15 Å². The lowest BCUT2D eigenvalue weighted by Gasteiger charge is -2.37. The molecule has 2 aromatic rings. The van der Waals surface area contributed by atoms with Crippen LogP contribution in [-0.4, -0.2) is 34.2 Å². The van der Waals surface area contributed by atoms with E-state index in [-0.39, 0.29) is 6.61 Å². The fourth-order valence-corrected chi connectivity index (χ4v) is 2.94. The van der Waals surface area contributed by atoms with Crippen LogP contribution < -0.4 is 0 Å². The molecule has 1 N–H and O–H groups in total. The number of pyridine rings is 1. The van der Waals surface area contributed by atoms with Gasteiger partial charge in [-0.1, -0.05) is 36.2 Å². The Morgan fingerprint density at radius 3 is 2.80 bits per heavy atom. The van der Waals surface area contributed by atoms with Crippen molar-refractivity contribution in [3.8, 4) is 0 Å². The third kappa shape index (κ3) is 2.80. The largest absolute Gasteiger partial charge is 0.395 e. The minimum atomic E-state index is 0.190. The van der Waals surface area contributed by atoms with Gasteiger partial charge in [-0.3, -0.25) is 4.90 Å². The van der Waals surface area contributed by atoms with Gasteiger partial charge in [0, 0.05) is 30.1 Å². The molecule has 1 saturated carbocycles. The molecule has 1 aromatic heterocycles. The van der Waals surface area contributed by atoms with Gasteiger partial charge < -0.3 is 5.11 Å². The zero-order valence-corrected chi connectivity index (χ0v) is 12.2. The van der Waals surface area contributed by atoms with Crippen LogP contribution in [0.5, 0.6) is 0 Å². The van der Waals surface area contributed by atoms with E-state index in [2.05, 4.69) is 22.0 Å². The van der Waals surface area contributed by atoms with Crippen molar-refractivity contribution in [2.75, 3.05) is 13.2 Å². The van der Waals surface area contributed by atoms with E-state index in [1.807, 2.05) is 18.2 Å². The molecule has 0 aliphatic heterocycles. The summed E-state index contributed by atoms with van der Waals surface area (Å²) in [5, 5.41) is 10.9. The van der Waals surface area contributed by atoms with Crippen LogP contribution >= 0.6 is 11.6 Å². The van der Waals surface area contributed by atoms with E-state index in [4.69, 9.17) is 11.6 Å². The second kappa shape index (κ2) is 6.08. The van der Waals surface area contributed by atoms with Crippen molar-refractivity contribution in [1.82, 2.24) is 9.88 Å². The number of aromatic nitrogens is 1. The Hall–Kier alpha value is -1.16. The van der Waals surface area contributed by atoms with Crippen LogP contribution in [0.4, 0.5) is 0 Å². The first-order chi connectivity index (χ1) is 9.78. The minimum Gasteiger partial charge on any atom is -0.395 e.